The van der Waals surface area contributed by atoms with Crippen LogP contribution in [0.3, 0.4) is 0 Å². The molecule has 0 radical (unpaired) electrons. The Kier molecular flexibility index (Phi) is 5.75. The van der Waals surface area contributed by atoms with Crippen molar-refractivity contribution in [2.24, 2.45) is 0 Å². The number of methoxy groups -OCH3 is 1. The van der Waals surface area contributed by atoms with Crippen LogP contribution in [0.2, 0.25) is 0 Å². The summed E-state index contributed by atoms with van der Waals surface area (Å²) in [5.74, 6) is 5.35. The molecule has 0 aliphatic heterocycles. The number of benzene rings is 2. The third-order valence-electron chi connectivity index (χ3n) is 3.84. The maximum absolute atomic E-state index is 11.9. The van der Waals surface area contributed by atoms with Gasteiger partial charge in [-0.2, -0.15) is 0 Å². The first kappa shape index (κ1) is 18.1. The van der Waals surface area contributed by atoms with Crippen LogP contribution in [-0.4, -0.2) is 30.7 Å². The first-order valence-corrected chi connectivity index (χ1v) is 8.30. The van der Waals surface area contributed by atoms with Crippen LogP contribution in [0.1, 0.15) is 21.5 Å². The third kappa shape index (κ3) is 4.67. The number of hydrogen-bond acceptors (Lipinski definition) is 4. The highest BCUT2D eigenvalue weighted by Gasteiger charge is 2.12. The van der Waals surface area contributed by atoms with Gasteiger partial charge in [0.15, 0.2) is 0 Å². The molecule has 6 nitrogen and oxygen atoms in total. The molecule has 27 heavy (non-hydrogen) atoms. The van der Waals surface area contributed by atoms with Crippen LogP contribution in [0.4, 0.5) is 4.79 Å². The number of rotatable bonds is 4. The summed E-state index contributed by atoms with van der Waals surface area (Å²) in [6, 6.07) is 14.7. The molecule has 6 heteroatoms. The summed E-state index contributed by atoms with van der Waals surface area (Å²) in [5, 5.41) is 3.34. The number of aromatic amines is 1. The molecule has 0 unspecified atom stereocenters. The molecule has 0 atom stereocenters. The standard InChI is InChI=1S/C21H18N2O4/c1-26-20(24)18-12-16(13-19-17(18)9-11-22-19)8-5-10-23-21(25)27-14-15-6-3-2-4-7-15/h2-4,6-7,9,11-13,22H,10,14H2,1H3,(H,23,25). The van der Waals surface area contributed by atoms with Crippen molar-refractivity contribution in [3.63, 3.8) is 0 Å². The number of carbonyl (C=O) groups is 2. The van der Waals surface area contributed by atoms with Gasteiger partial charge in [-0.3, -0.25) is 0 Å². The minimum absolute atomic E-state index is 0.129. The fourth-order valence-corrected chi connectivity index (χ4v) is 2.55. The lowest BCUT2D eigenvalue weighted by Crippen LogP contribution is -2.24. The molecule has 1 amide bonds. The quantitative estimate of drug-likeness (QED) is 0.552. The van der Waals surface area contributed by atoms with E-state index in [2.05, 4.69) is 22.1 Å². The summed E-state index contributed by atoms with van der Waals surface area (Å²) >= 11 is 0. The van der Waals surface area contributed by atoms with Crippen molar-refractivity contribution >= 4 is 23.0 Å². The summed E-state index contributed by atoms with van der Waals surface area (Å²) in [4.78, 5) is 26.7. The Morgan fingerprint density at radius 3 is 2.74 bits per heavy atom. The highest BCUT2D eigenvalue weighted by Crippen LogP contribution is 2.20. The second kappa shape index (κ2) is 8.59. The van der Waals surface area contributed by atoms with Gasteiger partial charge < -0.3 is 19.8 Å². The Hall–Kier alpha value is -3.72. The van der Waals surface area contributed by atoms with Crippen LogP contribution in [0.15, 0.2) is 54.7 Å². The van der Waals surface area contributed by atoms with E-state index in [0.29, 0.717) is 11.1 Å². The van der Waals surface area contributed by atoms with E-state index in [0.717, 1.165) is 16.5 Å². The number of H-pyrrole nitrogens is 1. The van der Waals surface area contributed by atoms with Gasteiger partial charge in [-0.05, 0) is 23.8 Å². The van der Waals surface area contributed by atoms with Crippen molar-refractivity contribution in [1.29, 1.82) is 0 Å². The third-order valence-corrected chi connectivity index (χ3v) is 3.84. The second-order valence-electron chi connectivity index (χ2n) is 5.67. The summed E-state index contributed by atoms with van der Waals surface area (Å²) < 4.78 is 9.92. The topological polar surface area (TPSA) is 80.4 Å². The highest BCUT2D eigenvalue weighted by molar-refractivity contribution is 6.04. The molecule has 136 valence electrons. The van der Waals surface area contributed by atoms with Crippen molar-refractivity contribution in [1.82, 2.24) is 10.3 Å². The van der Waals surface area contributed by atoms with E-state index in [9.17, 15) is 9.59 Å². The Bertz CT molecular complexity index is 1010. The van der Waals surface area contributed by atoms with E-state index in [1.54, 1.807) is 12.3 Å². The molecule has 2 N–H and O–H groups in total. The number of ether oxygens (including phenoxy) is 2. The Morgan fingerprint density at radius 1 is 1.15 bits per heavy atom. The number of esters is 1. The van der Waals surface area contributed by atoms with Crippen LogP contribution < -0.4 is 5.32 Å². The van der Waals surface area contributed by atoms with Gasteiger partial charge in [0.1, 0.15) is 6.61 Å². The number of carbonyl (C=O) groups excluding carboxylic acids is 2. The van der Waals surface area contributed by atoms with E-state index in [-0.39, 0.29) is 13.2 Å². The van der Waals surface area contributed by atoms with Gasteiger partial charge in [0.05, 0.1) is 19.2 Å². The minimum Gasteiger partial charge on any atom is -0.465 e. The molecule has 3 rings (SSSR count). The second-order valence-corrected chi connectivity index (χ2v) is 5.67. The molecule has 1 aromatic heterocycles. The number of nitrogens with one attached hydrogen (secondary N) is 2. The average molecular weight is 362 g/mol. The monoisotopic (exact) mass is 362 g/mol. The zero-order valence-electron chi connectivity index (χ0n) is 14.7. The van der Waals surface area contributed by atoms with Gasteiger partial charge >= 0.3 is 12.1 Å². The maximum Gasteiger partial charge on any atom is 0.408 e. The number of fused-ring (bicyclic) bond motifs is 1. The van der Waals surface area contributed by atoms with Crippen LogP contribution >= 0.6 is 0 Å². The zero-order valence-corrected chi connectivity index (χ0v) is 14.7. The summed E-state index contributed by atoms with van der Waals surface area (Å²) in [6.45, 7) is 0.329. The van der Waals surface area contributed by atoms with Gasteiger partial charge in [0, 0.05) is 22.7 Å². The molecule has 3 aromatic rings. The highest BCUT2D eigenvalue weighted by atomic mass is 16.5. The van der Waals surface area contributed by atoms with E-state index in [1.807, 2.05) is 42.5 Å². The molecule has 0 bridgehead atoms. The number of alkyl carbamates (subject to hydrolysis) is 1. The summed E-state index contributed by atoms with van der Waals surface area (Å²) in [5.41, 5.74) is 2.78. The number of hydrogen-bond donors (Lipinski definition) is 2. The molecule has 0 saturated carbocycles. The minimum atomic E-state index is -0.539. The molecular weight excluding hydrogens is 344 g/mol. The van der Waals surface area contributed by atoms with Crippen molar-refractivity contribution in [2.75, 3.05) is 13.7 Å². The largest absolute Gasteiger partial charge is 0.465 e. The number of amides is 1. The van der Waals surface area contributed by atoms with Gasteiger partial charge in [0.25, 0.3) is 0 Å². The van der Waals surface area contributed by atoms with Crippen LogP contribution in [0.5, 0.6) is 0 Å². The van der Waals surface area contributed by atoms with E-state index < -0.39 is 12.1 Å². The predicted molar refractivity (Wildman–Crippen MR) is 101 cm³/mol. The van der Waals surface area contributed by atoms with Crippen LogP contribution in [-0.2, 0) is 16.1 Å². The Labute approximate surface area is 156 Å². The summed E-state index contributed by atoms with van der Waals surface area (Å²) in [7, 11) is 1.34. The maximum atomic E-state index is 11.9. The van der Waals surface area contributed by atoms with Crippen molar-refractivity contribution in [3.8, 4) is 11.8 Å². The van der Waals surface area contributed by atoms with Crippen molar-refractivity contribution < 1.29 is 19.1 Å². The molecule has 0 saturated heterocycles. The first-order valence-electron chi connectivity index (χ1n) is 8.30. The smallest absolute Gasteiger partial charge is 0.408 e. The summed E-state index contributed by atoms with van der Waals surface area (Å²) in [6.07, 6.45) is 1.21. The average Bonchev–Trinajstić information content (AvgIpc) is 3.18. The SMILES string of the molecule is COC(=O)c1cc(C#CCNC(=O)OCc2ccccc2)cc2[nH]ccc12. The van der Waals surface area contributed by atoms with Gasteiger partial charge in [-0.1, -0.05) is 42.2 Å². The first-order chi connectivity index (χ1) is 13.2. The van der Waals surface area contributed by atoms with Crippen molar-refractivity contribution in [3.05, 3.63) is 71.4 Å². The fourth-order valence-electron chi connectivity index (χ4n) is 2.55. The molecule has 0 aliphatic carbocycles. The van der Waals surface area contributed by atoms with E-state index >= 15 is 0 Å². The lowest BCUT2D eigenvalue weighted by atomic mass is 10.1. The molecule has 0 aliphatic rings. The Morgan fingerprint density at radius 2 is 1.96 bits per heavy atom. The van der Waals surface area contributed by atoms with Gasteiger partial charge in [-0.25, -0.2) is 9.59 Å². The molecule has 0 fully saturated rings. The molecule has 1 heterocycles. The fraction of sp³-hybridized carbons (Fsp3) is 0.143. The van der Waals surface area contributed by atoms with Crippen LogP contribution in [0.25, 0.3) is 10.9 Å². The molecular formula is C21H18N2O4. The lowest BCUT2D eigenvalue weighted by Gasteiger charge is -2.04. The van der Waals surface area contributed by atoms with Gasteiger partial charge in [-0.15, -0.1) is 0 Å². The normalized spacial score (nSPS) is 9.96. The Balaban J connectivity index is 1.59. The molecule has 2 aromatic carbocycles. The van der Waals surface area contributed by atoms with Crippen LogP contribution in [0, 0.1) is 11.8 Å². The van der Waals surface area contributed by atoms with Gasteiger partial charge in [0.2, 0.25) is 0 Å². The number of aromatic nitrogens is 1. The predicted octanol–water partition coefficient (Wildman–Crippen LogP) is 3.23. The van der Waals surface area contributed by atoms with E-state index in [4.69, 9.17) is 9.47 Å². The van der Waals surface area contributed by atoms with E-state index in [1.165, 1.54) is 7.11 Å². The van der Waals surface area contributed by atoms with Crippen molar-refractivity contribution in [2.45, 2.75) is 6.61 Å². The molecule has 0 spiro atoms. The zero-order chi connectivity index (χ0) is 19.1. The lowest BCUT2D eigenvalue weighted by molar-refractivity contribution is 0.0603.